The van der Waals surface area contributed by atoms with Gasteiger partial charge in [-0.15, -0.1) is 11.8 Å². The van der Waals surface area contributed by atoms with Gasteiger partial charge in [0.1, 0.15) is 0 Å². The zero-order chi connectivity index (χ0) is 17.6. The van der Waals surface area contributed by atoms with E-state index in [0.29, 0.717) is 29.0 Å². The Morgan fingerprint density at radius 1 is 1.08 bits per heavy atom. The highest BCUT2D eigenvalue weighted by atomic mass is 35.5. The molecule has 1 N–H and O–H groups in total. The summed E-state index contributed by atoms with van der Waals surface area (Å²) in [5.41, 5.74) is 1.70. The van der Waals surface area contributed by atoms with Crippen LogP contribution in [0.4, 0.5) is 11.4 Å². The van der Waals surface area contributed by atoms with Gasteiger partial charge in [-0.1, -0.05) is 23.2 Å². The highest BCUT2D eigenvalue weighted by Crippen LogP contribution is 2.30. The van der Waals surface area contributed by atoms with E-state index < -0.39 is 0 Å². The maximum atomic E-state index is 12.4. The lowest BCUT2D eigenvalue weighted by molar-refractivity contribution is -0.113. The van der Waals surface area contributed by atoms with E-state index in [1.807, 2.05) is 36.4 Å². The number of hydrogen-bond acceptors (Lipinski definition) is 4. The van der Waals surface area contributed by atoms with Crippen molar-refractivity contribution in [1.29, 1.82) is 0 Å². The first-order valence-electron chi connectivity index (χ1n) is 7.92. The van der Waals surface area contributed by atoms with E-state index in [4.69, 9.17) is 27.9 Å². The molecule has 7 heteroatoms. The lowest BCUT2D eigenvalue weighted by Gasteiger charge is -2.30. The third-order valence-electron chi connectivity index (χ3n) is 3.77. The summed E-state index contributed by atoms with van der Waals surface area (Å²) >= 11 is 13.5. The molecule has 1 amide bonds. The first kappa shape index (κ1) is 18.4. The molecule has 2 aromatic rings. The molecule has 1 aliphatic heterocycles. The molecule has 0 unspecified atom stereocenters. The topological polar surface area (TPSA) is 41.6 Å². The van der Waals surface area contributed by atoms with Gasteiger partial charge in [0.2, 0.25) is 5.91 Å². The largest absolute Gasteiger partial charge is 0.378 e. The Morgan fingerprint density at radius 2 is 1.76 bits per heavy atom. The van der Waals surface area contributed by atoms with Crippen LogP contribution in [0.15, 0.2) is 47.4 Å². The molecule has 3 rings (SSSR count). The number of thioether (sulfide) groups is 1. The van der Waals surface area contributed by atoms with Crippen LogP contribution in [0.2, 0.25) is 10.0 Å². The molecule has 0 aromatic heterocycles. The third kappa shape index (κ3) is 5.28. The Bertz CT molecular complexity index is 734. The standard InChI is InChI=1S/C18H18Cl2N2O2S/c19-13-1-4-15(5-2-13)25-12-18(23)21-16-11-14(20)3-6-17(16)22-7-9-24-10-8-22/h1-6,11H,7-10,12H2,(H,21,23). The molecule has 0 aliphatic carbocycles. The molecule has 0 saturated carbocycles. The van der Waals surface area contributed by atoms with Crippen molar-refractivity contribution in [2.75, 3.05) is 42.3 Å². The second-order valence-electron chi connectivity index (χ2n) is 5.55. The van der Waals surface area contributed by atoms with Crippen molar-refractivity contribution in [3.8, 4) is 0 Å². The monoisotopic (exact) mass is 396 g/mol. The summed E-state index contributed by atoms with van der Waals surface area (Å²) in [5.74, 6) is 0.244. The molecular formula is C18H18Cl2N2O2S. The van der Waals surface area contributed by atoms with Gasteiger partial charge in [0.05, 0.1) is 30.3 Å². The molecule has 1 heterocycles. The highest BCUT2D eigenvalue weighted by molar-refractivity contribution is 8.00. The Hall–Kier alpha value is -1.40. The Balaban J connectivity index is 1.65. The predicted octanol–water partition coefficient (Wildman–Crippen LogP) is 4.56. The summed E-state index contributed by atoms with van der Waals surface area (Å²) in [6, 6.07) is 13.0. The number of ether oxygens (including phenoxy) is 1. The van der Waals surface area contributed by atoms with Crippen LogP contribution in [-0.4, -0.2) is 38.0 Å². The number of rotatable bonds is 5. The van der Waals surface area contributed by atoms with Crippen LogP contribution in [0.25, 0.3) is 0 Å². The second-order valence-corrected chi connectivity index (χ2v) is 7.47. The summed E-state index contributed by atoms with van der Waals surface area (Å²) in [6.45, 7) is 2.96. The minimum atomic E-state index is -0.0725. The van der Waals surface area contributed by atoms with Crippen molar-refractivity contribution < 1.29 is 9.53 Å². The number of hydrogen-bond donors (Lipinski definition) is 1. The van der Waals surface area contributed by atoms with E-state index >= 15 is 0 Å². The summed E-state index contributed by atoms with van der Waals surface area (Å²) in [7, 11) is 0. The predicted molar refractivity (Wildman–Crippen MR) is 105 cm³/mol. The average molecular weight is 397 g/mol. The molecule has 1 aliphatic rings. The molecule has 0 bridgehead atoms. The van der Waals surface area contributed by atoms with Crippen molar-refractivity contribution >= 4 is 52.2 Å². The fourth-order valence-corrected chi connectivity index (χ4v) is 3.55. The molecule has 0 spiro atoms. The van der Waals surface area contributed by atoms with Gasteiger partial charge in [-0.3, -0.25) is 4.79 Å². The zero-order valence-electron chi connectivity index (χ0n) is 13.5. The Morgan fingerprint density at radius 3 is 2.48 bits per heavy atom. The number of amides is 1. The fraction of sp³-hybridized carbons (Fsp3) is 0.278. The minimum absolute atomic E-state index is 0.0725. The lowest BCUT2D eigenvalue weighted by atomic mass is 10.2. The number of nitrogens with zero attached hydrogens (tertiary/aromatic N) is 1. The number of carbonyl (C=O) groups excluding carboxylic acids is 1. The van der Waals surface area contributed by atoms with E-state index in [2.05, 4.69) is 10.2 Å². The van der Waals surface area contributed by atoms with E-state index in [-0.39, 0.29) is 5.91 Å². The van der Waals surface area contributed by atoms with Crippen molar-refractivity contribution in [2.24, 2.45) is 0 Å². The van der Waals surface area contributed by atoms with Gasteiger partial charge in [0.15, 0.2) is 0 Å². The van der Waals surface area contributed by atoms with Gasteiger partial charge in [0.25, 0.3) is 0 Å². The van der Waals surface area contributed by atoms with Crippen molar-refractivity contribution in [3.05, 3.63) is 52.5 Å². The Kier molecular flexibility index (Phi) is 6.48. The average Bonchev–Trinajstić information content (AvgIpc) is 2.62. The normalized spacial score (nSPS) is 14.4. The number of carbonyl (C=O) groups is 1. The molecule has 132 valence electrons. The first-order chi connectivity index (χ1) is 12.1. The van der Waals surface area contributed by atoms with Crippen LogP contribution in [0, 0.1) is 0 Å². The van der Waals surface area contributed by atoms with Gasteiger partial charge in [-0.2, -0.15) is 0 Å². The second kappa shape index (κ2) is 8.81. The van der Waals surface area contributed by atoms with Gasteiger partial charge in [-0.05, 0) is 42.5 Å². The van der Waals surface area contributed by atoms with Crippen LogP contribution in [0.1, 0.15) is 0 Å². The summed E-state index contributed by atoms with van der Waals surface area (Å²) in [5, 5.41) is 4.26. The number of morpholine rings is 1. The fourth-order valence-electron chi connectivity index (χ4n) is 2.55. The van der Waals surface area contributed by atoms with E-state index in [0.717, 1.165) is 29.4 Å². The van der Waals surface area contributed by atoms with E-state index in [1.165, 1.54) is 11.8 Å². The van der Waals surface area contributed by atoms with Crippen molar-refractivity contribution in [3.63, 3.8) is 0 Å². The number of anilines is 2. The number of halogens is 2. The van der Waals surface area contributed by atoms with Crippen LogP contribution in [-0.2, 0) is 9.53 Å². The molecule has 0 radical (unpaired) electrons. The van der Waals surface area contributed by atoms with E-state index in [1.54, 1.807) is 6.07 Å². The summed E-state index contributed by atoms with van der Waals surface area (Å²) < 4.78 is 5.39. The first-order valence-corrected chi connectivity index (χ1v) is 9.66. The molecular weight excluding hydrogens is 379 g/mol. The number of benzene rings is 2. The van der Waals surface area contributed by atoms with Crippen LogP contribution >= 0.6 is 35.0 Å². The summed E-state index contributed by atoms with van der Waals surface area (Å²) in [6.07, 6.45) is 0. The zero-order valence-corrected chi connectivity index (χ0v) is 15.8. The van der Waals surface area contributed by atoms with Crippen LogP contribution in [0.5, 0.6) is 0 Å². The van der Waals surface area contributed by atoms with Gasteiger partial charge in [0, 0.05) is 28.0 Å². The summed E-state index contributed by atoms with van der Waals surface area (Å²) in [4.78, 5) is 15.6. The molecule has 4 nitrogen and oxygen atoms in total. The minimum Gasteiger partial charge on any atom is -0.378 e. The molecule has 0 atom stereocenters. The molecule has 2 aromatic carbocycles. The van der Waals surface area contributed by atoms with Crippen LogP contribution < -0.4 is 10.2 Å². The molecule has 1 fully saturated rings. The van der Waals surface area contributed by atoms with Crippen LogP contribution in [0.3, 0.4) is 0 Å². The highest BCUT2D eigenvalue weighted by Gasteiger charge is 2.16. The SMILES string of the molecule is O=C(CSc1ccc(Cl)cc1)Nc1cc(Cl)ccc1N1CCOCC1. The van der Waals surface area contributed by atoms with Gasteiger partial charge >= 0.3 is 0 Å². The third-order valence-corrected chi connectivity index (χ3v) is 5.27. The Labute approximate surface area is 161 Å². The maximum Gasteiger partial charge on any atom is 0.234 e. The van der Waals surface area contributed by atoms with Crippen molar-refractivity contribution in [1.82, 2.24) is 0 Å². The maximum absolute atomic E-state index is 12.4. The molecule has 1 saturated heterocycles. The van der Waals surface area contributed by atoms with E-state index in [9.17, 15) is 4.79 Å². The lowest BCUT2D eigenvalue weighted by Crippen LogP contribution is -2.36. The number of nitrogens with one attached hydrogen (secondary N) is 1. The quantitative estimate of drug-likeness (QED) is 0.751. The smallest absolute Gasteiger partial charge is 0.234 e. The molecule has 25 heavy (non-hydrogen) atoms. The van der Waals surface area contributed by atoms with Crippen molar-refractivity contribution in [2.45, 2.75) is 4.90 Å². The van der Waals surface area contributed by atoms with Gasteiger partial charge < -0.3 is 15.0 Å². The van der Waals surface area contributed by atoms with Gasteiger partial charge in [-0.25, -0.2) is 0 Å².